The predicted octanol–water partition coefficient (Wildman–Crippen LogP) is 3.70. The fraction of sp³-hybridized carbons (Fsp3) is 0.909. The lowest BCUT2D eigenvalue weighted by atomic mass is 9.60. The lowest BCUT2D eigenvalue weighted by Crippen LogP contribution is -2.50. The molecular formula is C22H38O4. The van der Waals surface area contributed by atoms with E-state index in [1.807, 2.05) is 20.8 Å². The maximum Gasteiger partial charge on any atom is 0.0905 e. The van der Waals surface area contributed by atoms with Crippen molar-refractivity contribution >= 4 is 0 Å². The molecule has 26 heavy (non-hydrogen) atoms. The SMILES string of the molecule is C=C1CC[C@H](C(C)C)[C@@H]2[C@H]1[C@H]1C[C@](C)(O)[C@@H](OCC)CC[C@@](C)(O)[C@@H]2O1. The number of aliphatic hydroxyl groups is 2. The van der Waals surface area contributed by atoms with Crippen LogP contribution in [0.1, 0.15) is 66.7 Å². The zero-order chi connectivity index (χ0) is 19.3. The first-order chi connectivity index (χ1) is 12.1. The second kappa shape index (κ2) is 7.20. The highest BCUT2D eigenvalue weighted by Gasteiger charge is 2.58. The van der Waals surface area contributed by atoms with Gasteiger partial charge < -0.3 is 19.7 Å². The molecule has 2 heterocycles. The van der Waals surface area contributed by atoms with Crippen LogP contribution in [0.25, 0.3) is 0 Å². The van der Waals surface area contributed by atoms with E-state index >= 15 is 0 Å². The first-order valence-corrected chi connectivity index (χ1v) is 10.5. The van der Waals surface area contributed by atoms with Crippen LogP contribution in [-0.2, 0) is 9.47 Å². The molecule has 2 bridgehead atoms. The van der Waals surface area contributed by atoms with Crippen molar-refractivity contribution in [2.75, 3.05) is 6.61 Å². The van der Waals surface area contributed by atoms with Gasteiger partial charge in [0.05, 0.1) is 29.5 Å². The molecule has 1 aliphatic carbocycles. The normalized spacial score (nSPS) is 49.5. The quantitative estimate of drug-likeness (QED) is 0.748. The summed E-state index contributed by atoms with van der Waals surface area (Å²) in [4.78, 5) is 0. The van der Waals surface area contributed by atoms with Crippen LogP contribution in [0.3, 0.4) is 0 Å². The number of hydrogen-bond donors (Lipinski definition) is 2. The molecule has 0 aromatic heterocycles. The van der Waals surface area contributed by atoms with Crippen molar-refractivity contribution in [3.8, 4) is 0 Å². The molecule has 8 atom stereocenters. The van der Waals surface area contributed by atoms with Gasteiger partial charge in [0.15, 0.2) is 0 Å². The maximum atomic E-state index is 11.4. The third-order valence-electron chi connectivity index (χ3n) is 7.31. The smallest absolute Gasteiger partial charge is 0.0905 e. The molecule has 0 aromatic carbocycles. The van der Waals surface area contributed by atoms with Crippen molar-refractivity contribution in [1.29, 1.82) is 0 Å². The fourth-order valence-electron chi connectivity index (χ4n) is 5.93. The molecule has 0 spiro atoms. The molecule has 4 heteroatoms. The summed E-state index contributed by atoms with van der Waals surface area (Å²) < 4.78 is 12.4. The summed E-state index contributed by atoms with van der Waals surface area (Å²) in [5.41, 5.74) is -0.649. The number of hydrogen-bond acceptors (Lipinski definition) is 4. The van der Waals surface area contributed by atoms with Crippen LogP contribution in [0.4, 0.5) is 0 Å². The molecule has 0 amide bonds. The average Bonchev–Trinajstić information content (AvgIpc) is 2.91. The van der Waals surface area contributed by atoms with E-state index in [2.05, 4.69) is 20.4 Å². The van der Waals surface area contributed by atoms with E-state index in [-0.39, 0.29) is 30.1 Å². The molecule has 1 saturated carbocycles. The molecule has 0 unspecified atom stereocenters. The summed E-state index contributed by atoms with van der Waals surface area (Å²) in [6, 6.07) is 0. The average molecular weight is 367 g/mol. The minimum absolute atomic E-state index is 0.0958. The third kappa shape index (κ3) is 3.50. The van der Waals surface area contributed by atoms with Crippen molar-refractivity contribution in [3.05, 3.63) is 12.2 Å². The Bertz CT molecular complexity index is 524. The minimum Gasteiger partial charge on any atom is -0.387 e. The van der Waals surface area contributed by atoms with Gasteiger partial charge in [-0.05, 0) is 64.2 Å². The summed E-state index contributed by atoms with van der Waals surface area (Å²) in [6.45, 7) is 15.2. The van der Waals surface area contributed by atoms with Crippen molar-refractivity contribution in [2.24, 2.45) is 23.7 Å². The number of ether oxygens (including phenoxy) is 2. The van der Waals surface area contributed by atoms with Gasteiger partial charge in [0.25, 0.3) is 0 Å². The first kappa shape index (κ1) is 20.3. The molecule has 4 nitrogen and oxygen atoms in total. The predicted molar refractivity (Wildman–Crippen MR) is 103 cm³/mol. The maximum absolute atomic E-state index is 11.4. The highest BCUT2D eigenvalue weighted by atomic mass is 16.5. The molecule has 3 aliphatic rings. The van der Waals surface area contributed by atoms with Crippen LogP contribution in [0.15, 0.2) is 12.2 Å². The lowest BCUT2D eigenvalue weighted by Gasteiger charge is -2.45. The molecule has 2 saturated heterocycles. The Morgan fingerprint density at radius 1 is 1.23 bits per heavy atom. The van der Waals surface area contributed by atoms with E-state index in [1.165, 1.54) is 5.57 Å². The molecular weight excluding hydrogens is 328 g/mol. The Balaban J connectivity index is 1.99. The Morgan fingerprint density at radius 3 is 2.54 bits per heavy atom. The molecule has 150 valence electrons. The van der Waals surface area contributed by atoms with Gasteiger partial charge in [0.1, 0.15) is 0 Å². The van der Waals surface area contributed by atoms with Crippen LogP contribution in [-0.4, -0.2) is 46.3 Å². The lowest BCUT2D eigenvalue weighted by molar-refractivity contribution is -0.123. The molecule has 3 rings (SSSR count). The van der Waals surface area contributed by atoms with Crippen LogP contribution in [0, 0.1) is 23.7 Å². The summed E-state index contributed by atoms with van der Waals surface area (Å²) >= 11 is 0. The van der Waals surface area contributed by atoms with Crippen LogP contribution in [0.5, 0.6) is 0 Å². The summed E-state index contributed by atoms with van der Waals surface area (Å²) in [6.07, 6.45) is 3.33. The molecule has 0 aromatic rings. The Morgan fingerprint density at radius 2 is 1.92 bits per heavy atom. The van der Waals surface area contributed by atoms with Crippen LogP contribution in [0.2, 0.25) is 0 Å². The van der Waals surface area contributed by atoms with E-state index in [0.717, 1.165) is 12.8 Å². The fourth-order valence-corrected chi connectivity index (χ4v) is 5.93. The van der Waals surface area contributed by atoms with Crippen molar-refractivity contribution in [1.82, 2.24) is 0 Å². The summed E-state index contributed by atoms with van der Waals surface area (Å²) in [7, 11) is 0. The van der Waals surface area contributed by atoms with Crippen LogP contribution < -0.4 is 0 Å². The summed E-state index contributed by atoms with van der Waals surface area (Å²) in [5, 5.41) is 22.6. The van der Waals surface area contributed by atoms with Crippen molar-refractivity contribution < 1.29 is 19.7 Å². The minimum atomic E-state index is -0.967. The van der Waals surface area contributed by atoms with Gasteiger partial charge >= 0.3 is 0 Å². The first-order valence-electron chi connectivity index (χ1n) is 10.5. The largest absolute Gasteiger partial charge is 0.387 e. The Kier molecular flexibility index (Phi) is 5.62. The molecule has 3 fully saturated rings. The molecule has 2 aliphatic heterocycles. The van der Waals surface area contributed by atoms with Crippen LogP contribution >= 0.6 is 0 Å². The monoisotopic (exact) mass is 366 g/mol. The highest BCUT2D eigenvalue weighted by Crippen LogP contribution is 2.55. The second-order valence-corrected chi connectivity index (χ2v) is 9.70. The highest BCUT2D eigenvalue weighted by molar-refractivity contribution is 5.18. The van der Waals surface area contributed by atoms with E-state index in [0.29, 0.717) is 37.7 Å². The van der Waals surface area contributed by atoms with Gasteiger partial charge in [-0.25, -0.2) is 0 Å². The standard InChI is InChI=1S/C22H38O4/c1-7-25-17-10-11-21(5,23)20-19-15(13(2)3)9-8-14(4)18(19)16(26-20)12-22(17,6)24/h13,15-20,23-24H,4,7-12H2,1-3,5-6H3/t15-,16-,17+,18-,19-,20-,21-,22+/m1/s1. The number of fused-ring (bicyclic) bond motifs is 5. The second-order valence-electron chi connectivity index (χ2n) is 9.70. The number of rotatable bonds is 3. The zero-order valence-electron chi connectivity index (χ0n) is 17.2. The van der Waals surface area contributed by atoms with E-state index in [1.54, 1.807) is 0 Å². The topological polar surface area (TPSA) is 58.9 Å². The van der Waals surface area contributed by atoms with E-state index < -0.39 is 11.2 Å². The van der Waals surface area contributed by atoms with Gasteiger partial charge in [-0.2, -0.15) is 0 Å². The van der Waals surface area contributed by atoms with E-state index in [9.17, 15) is 10.2 Å². The summed E-state index contributed by atoms with van der Waals surface area (Å²) in [5.74, 6) is 1.59. The van der Waals surface area contributed by atoms with Gasteiger partial charge in [0.2, 0.25) is 0 Å². The van der Waals surface area contributed by atoms with E-state index in [4.69, 9.17) is 9.47 Å². The Labute approximate surface area is 159 Å². The van der Waals surface area contributed by atoms with Crippen molar-refractivity contribution in [2.45, 2.75) is 96.2 Å². The zero-order valence-corrected chi connectivity index (χ0v) is 17.2. The van der Waals surface area contributed by atoms with Gasteiger partial charge in [-0.3, -0.25) is 0 Å². The molecule has 0 radical (unpaired) electrons. The third-order valence-corrected chi connectivity index (χ3v) is 7.31. The van der Waals surface area contributed by atoms with Crippen molar-refractivity contribution in [3.63, 3.8) is 0 Å². The van der Waals surface area contributed by atoms with Gasteiger partial charge in [-0.15, -0.1) is 0 Å². The van der Waals surface area contributed by atoms with Gasteiger partial charge in [0, 0.05) is 18.9 Å². The Hall–Kier alpha value is -0.420. The van der Waals surface area contributed by atoms with Gasteiger partial charge in [-0.1, -0.05) is 26.0 Å². The molecule has 2 N–H and O–H groups in total.